The van der Waals surface area contributed by atoms with Gasteiger partial charge in [-0.05, 0) is 43.0 Å². The van der Waals surface area contributed by atoms with Gasteiger partial charge in [-0.1, -0.05) is 0 Å². The quantitative estimate of drug-likeness (QED) is 0.926. The van der Waals surface area contributed by atoms with Crippen LogP contribution >= 0.6 is 0 Å². The maximum atomic E-state index is 12.7. The lowest BCUT2D eigenvalue weighted by atomic mass is 10.1. The summed E-state index contributed by atoms with van der Waals surface area (Å²) in [6, 6.07) is 3.69. The summed E-state index contributed by atoms with van der Waals surface area (Å²) in [5, 5.41) is 0. The molecule has 0 bridgehead atoms. The van der Waals surface area contributed by atoms with Gasteiger partial charge in [0.25, 0.3) is 0 Å². The normalized spacial score (nSPS) is 19.9. The third-order valence-corrected chi connectivity index (χ3v) is 3.31. The van der Waals surface area contributed by atoms with Crippen molar-refractivity contribution in [3.8, 4) is 5.75 Å². The number of alkyl halides is 3. The molecule has 1 atom stereocenters. The minimum atomic E-state index is -4.39. The van der Waals surface area contributed by atoms with Gasteiger partial charge >= 0.3 is 6.18 Å². The molecule has 0 saturated carbocycles. The highest BCUT2D eigenvalue weighted by molar-refractivity contribution is 5.37. The van der Waals surface area contributed by atoms with Crippen LogP contribution in [0.2, 0.25) is 0 Å². The highest BCUT2D eigenvalue weighted by atomic mass is 19.4. The fourth-order valence-electron chi connectivity index (χ4n) is 2.23. The molecule has 112 valence electrons. The van der Waals surface area contributed by atoms with Gasteiger partial charge in [-0.15, -0.1) is 0 Å². The highest BCUT2D eigenvalue weighted by Gasteiger charge is 2.33. The van der Waals surface area contributed by atoms with Crippen LogP contribution in [0, 0.1) is 0 Å². The molecule has 1 heterocycles. The predicted molar refractivity (Wildman–Crippen MR) is 68.4 cm³/mol. The van der Waals surface area contributed by atoms with Crippen molar-refractivity contribution < 1.29 is 22.6 Å². The summed E-state index contributed by atoms with van der Waals surface area (Å²) in [4.78, 5) is 0. The molecule has 2 rings (SSSR count). The minimum absolute atomic E-state index is 0.0207. The summed E-state index contributed by atoms with van der Waals surface area (Å²) in [7, 11) is 0. The standard InChI is InChI=1S/C14H18F3NO2/c15-14(16,17)13-5-4-11(7-10(13)8-18)20-9-12-3-1-2-6-19-12/h4-5,7,12H,1-3,6,8-9,18H2. The van der Waals surface area contributed by atoms with E-state index in [-0.39, 0.29) is 18.2 Å². The average molecular weight is 289 g/mol. The molecule has 1 saturated heterocycles. The molecule has 2 N–H and O–H groups in total. The van der Waals surface area contributed by atoms with E-state index in [2.05, 4.69) is 0 Å². The zero-order chi connectivity index (χ0) is 14.6. The Morgan fingerprint density at radius 2 is 2.10 bits per heavy atom. The number of benzene rings is 1. The summed E-state index contributed by atoms with van der Waals surface area (Å²) >= 11 is 0. The molecule has 1 fully saturated rings. The van der Waals surface area contributed by atoms with E-state index in [9.17, 15) is 13.2 Å². The third kappa shape index (κ3) is 3.86. The van der Waals surface area contributed by atoms with E-state index in [1.807, 2.05) is 0 Å². The van der Waals surface area contributed by atoms with Crippen LogP contribution in [0.4, 0.5) is 13.2 Å². The van der Waals surface area contributed by atoms with E-state index in [0.717, 1.165) is 31.9 Å². The Morgan fingerprint density at radius 3 is 2.70 bits per heavy atom. The second-order valence-electron chi connectivity index (χ2n) is 4.82. The molecule has 0 aliphatic carbocycles. The second-order valence-corrected chi connectivity index (χ2v) is 4.82. The topological polar surface area (TPSA) is 44.5 Å². The molecule has 0 radical (unpaired) electrons. The zero-order valence-corrected chi connectivity index (χ0v) is 11.1. The fourth-order valence-corrected chi connectivity index (χ4v) is 2.23. The number of ether oxygens (including phenoxy) is 2. The molecule has 6 heteroatoms. The lowest BCUT2D eigenvalue weighted by molar-refractivity contribution is -0.138. The monoisotopic (exact) mass is 289 g/mol. The smallest absolute Gasteiger partial charge is 0.416 e. The lowest BCUT2D eigenvalue weighted by Gasteiger charge is -2.23. The summed E-state index contributed by atoms with van der Waals surface area (Å²) in [5.41, 5.74) is 4.71. The first-order valence-electron chi connectivity index (χ1n) is 6.65. The molecule has 0 aromatic heterocycles. The van der Waals surface area contributed by atoms with Crippen molar-refractivity contribution in [2.45, 2.75) is 38.1 Å². The average Bonchev–Trinajstić information content (AvgIpc) is 2.45. The summed E-state index contributed by atoms with van der Waals surface area (Å²) in [6.07, 6.45) is -1.31. The Bertz CT molecular complexity index is 443. The van der Waals surface area contributed by atoms with Crippen LogP contribution in [0.3, 0.4) is 0 Å². The first-order valence-corrected chi connectivity index (χ1v) is 6.65. The van der Waals surface area contributed by atoms with Crippen molar-refractivity contribution in [1.29, 1.82) is 0 Å². The van der Waals surface area contributed by atoms with Gasteiger partial charge in [-0.3, -0.25) is 0 Å². The van der Waals surface area contributed by atoms with Crippen LogP contribution in [0.15, 0.2) is 18.2 Å². The van der Waals surface area contributed by atoms with E-state index in [1.165, 1.54) is 12.1 Å². The molecule has 0 amide bonds. The Balaban J connectivity index is 2.02. The van der Waals surface area contributed by atoms with Crippen LogP contribution in [0.5, 0.6) is 5.75 Å². The molecule has 1 aromatic rings. The lowest BCUT2D eigenvalue weighted by Crippen LogP contribution is -2.25. The SMILES string of the molecule is NCc1cc(OCC2CCCCO2)ccc1C(F)(F)F. The first kappa shape index (κ1) is 15.1. The zero-order valence-electron chi connectivity index (χ0n) is 11.1. The van der Waals surface area contributed by atoms with E-state index >= 15 is 0 Å². The van der Waals surface area contributed by atoms with Crippen LogP contribution in [0.1, 0.15) is 30.4 Å². The van der Waals surface area contributed by atoms with Gasteiger partial charge in [0.2, 0.25) is 0 Å². The minimum Gasteiger partial charge on any atom is -0.491 e. The van der Waals surface area contributed by atoms with E-state index < -0.39 is 11.7 Å². The second kappa shape index (κ2) is 6.45. The van der Waals surface area contributed by atoms with E-state index in [0.29, 0.717) is 12.4 Å². The van der Waals surface area contributed by atoms with Crippen LogP contribution in [-0.4, -0.2) is 19.3 Å². The largest absolute Gasteiger partial charge is 0.491 e. The number of rotatable bonds is 4. The number of hydrogen-bond acceptors (Lipinski definition) is 3. The van der Waals surface area contributed by atoms with Crippen molar-refractivity contribution in [2.75, 3.05) is 13.2 Å². The van der Waals surface area contributed by atoms with Crippen LogP contribution in [0.25, 0.3) is 0 Å². The van der Waals surface area contributed by atoms with Gasteiger partial charge in [0.15, 0.2) is 0 Å². The molecular weight excluding hydrogens is 271 g/mol. The molecule has 1 aliphatic heterocycles. The molecule has 3 nitrogen and oxygen atoms in total. The molecule has 20 heavy (non-hydrogen) atoms. The van der Waals surface area contributed by atoms with Crippen molar-refractivity contribution >= 4 is 0 Å². The Hall–Kier alpha value is -1.27. The van der Waals surface area contributed by atoms with Crippen LogP contribution < -0.4 is 10.5 Å². The molecule has 1 unspecified atom stereocenters. The summed E-state index contributed by atoms with van der Waals surface area (Å²) in [6.45, 7) is 0.899. The fraction of sp³-hybridized carbons (Fsp3) is 0.571. The van der Waals surface area contributed by atoms with Gasteiger partial charge < -0.3 is 15.2 Å². The van der Waals surface area contributed by atoms with Gasteiger partial charge in [0.05, 0.1) is 11.7 Å². The molecular formula is C14H18F3NO2. The maximum Gasteiger partial charge on any atom is 0.416 e. The molecule has 1 aromatic carbocycles. The number of nitrogens with two attached hydrogens (primary N) is 1. The Labute approximate surface area is 115 Å². The van der Waals surface area contributed by atoms with Gasteiger partial charge in [-0.25, -0.2) is 0 Å². The highest BCUT2D eigenvalue weighted by Crippen LogP contribution is 2.33. The summed E-state index contributed by atoms with van der Waals surface area (Å²) in [5.74, 6) is 0.396. The van der Waals surface area contributed by atoms with Crippen molar-refractivity contribution in [2.24, 2.45) is 5.73 Å². The van der Waals surface area contributed by atoms with Gasteiger partial charge in [0.1, 0.15) is 12.4 Å². The third-order valence-electron chi connectivity index (χ3n) is 3.31. The van der Waals surface area contributed by atoms with Crippen molar-refractivity contribution in [3.63, 3.8) is 0 Å². The predicted octanol–water partition coefficient (Wildman–Crippen LogP) is 3.11. The Morgan fingerprint density at radius 1 is 1.30 bits per heavy atom. The molecule has 0 spiro atoms. The van der Waals surface area contributed by atoms with Crippen LogP contribution in [-0.2, 0) is 17.5 Å². The Kier molecular flexibility index (Phi) is 4.88. The maximum absolute atomic E-state index is 12.7. The number of hydrogen-bond donors (Lipinski definition) is 1. The molecule has 1 aliphatic rings. The van der Waals surface area contributed by atoms with Crippen molar-refractivity contribution in [1.82, 2.24) is 0 Å². The van der Waals surface area contributed by atoms with Gasteiger partial charge in [0, 0.05) is 13.2 Å². The summed E-state index contributed by atoms with van der Waals surface area (Å²) < 4.78 is 49.2. The number of halogens is 3. The first-order chi connectivity index (χ1) is 9.50. The van der Waals surface area contributed by atoms with Crippen molar-refractivity contribution in [3.05, 3.63) is 29.3 Å². The van der Waals surface area contributed by atoms with E-state index in [1.54, 1.807) is 0 Å². The van der Waals surface area contributed by atoms with E-state index in [4.69, 9.17) is 15.2 Å². The van der Waals surface area contributed by atoms with Gasteiger partial charge in [-0.2, -0.15) is 13.2 Å².